The van der Waals surface area contributed by atoms with E-state index in [1.165, 1.54) is 8.96 Å². The zero-order valence-electron chi connectivity index (χ0n) is 11.7. The van der Waals surface area contributed by atoms with E-state index >= 15 is 0 Å². The highest BCUT2D eigenvalue weighted by molar-refractivity contribution is 6.51. The van der Waals surface area contributed by atoms with Crippen LogP contribution in [0.4, 0.5) is 4.32 Å². The molecule has 0 aromatic carbocycles. The first-order chi connectivity index (χ1) is 10.2. The standard InChI is InChI=1S/C14H15BFN3O2/c1-2-21-13(20)7-8-17-14-11-5-3-9-18(11)15(16)19-10-4-6-12(14)19/h3-6,9-10H,2,7-8H2,1H3. The van der Waals surface area contributed by atoms with Gasteiger partial charge in [0.2, 0.25) is 0 Å². The minimum atomic E-state index is -1.26. The van der Waals surface area contributed by atoms with Crippen molar-refractivity contribution < 1.29 is 13.8 Å². The quantitative estimate of drug-likeness (QED) is 0.635. The summed E-state index contributed by atoms with van der Waals surface area (Å²) in [6, 6.07) is 7.23. The molecule has 108 valence electrons. The van der Waals surface area contributed by atoms with Crippen LogP contribution in [0.2, 0.25) is 0 Å². The Hall–Kier alpha value is -2.31. The number of rotatable bonds is 4. The van der Waals surface area contributed by atoms with E-state index in [4.69, 9.17) is 4.74 Å². The molecule has 3 rings (SSSR count). The van der Waals surface area contributed by atoms with Gasteiger partial charge in [-0.25, -0.2) is 0 Å². The average Bonchev–Trinajstić information content (AvgIpc) is 3.12. The maximum atomic E-state index is 14.4. The number of hydrogen-bond donors (Lipinski definition) is 0. The number of carbonyl (C=O) groups excluding carboxylic acids is 1. The Kier molecular flexibility index (Phi) is 3.64. The van der Waals surface area contributed by atoms with E-state index in [1.807, 2.05) is 12.1 Å². The molecule has 1 aliphatic heterocycles. The predicted octanol–water partition coefficient (Wildman–Crippen LogP) is 1.74. The Morgan fingerprint density at radius 2 is 1.90 bits per heavy atom. The Morgan fingerprint density at radius 3 is 2.48 bits per heavy atom. The second kappa shape index (κ2) is 5.59. The third-order valence-electron chi connectivity index (χ3n) is 3.39. The van der Waals surface area contributed by atoms with Crippen molar-refractivity contribution in [1.82, 2.24) is 8.96 Å². The minimum absolute atomic E-state index is 0.220. The lowest BCUT2D eigenvalue weighted by Crippen LogP contribution is -2.38. The highest BCUT2D eigenvalue weighted by Gasteiger charge is 2.32. The monoisotopic (exact) mass is 287 g/mol. The second-order valence-corrected chi connectivity index (χ2v) is 4.70. The van der Waals surface area contributed by atoms with Crippen LogP contribution >= 0.6 is 0 Å². The predicted molar refractivity (Wildman–Crippen MR) is 78.3 cm³/mol. The Morgan fingerprint density at radius 1 is 1.29 bits per heavy atom. The Labute approximate surface area is 122 Å². The number of nitrogens with zero attached hydrogens (tertiary/aromatic N) is 3. The SMILES string of the molecule is CCOC(=O)CCN=C1c2cccn2B(F)n2cccc21. The fourth-order valence-electron chi connectivity index (χ4n) is 2.48. The third kappa shape index (κ3) is 2.39. The van der Waals surface area contributed by atoms with Gasteiger partial charge in [-0.1, -0.05) is 0 Å². The van der Waals surface area contributed by atoms with Crippen LogP contribution in [0.3, 0.4) is 0 Å². The van der Waals surface area contributed by atoms with Gasteiger partial charge in [-0.2, -0.15) is 0 Å². The molecule has 7 heteroatoms. The molecule has 0 saturated heterocycles. The van der Waals surface area contributed by atoms with Gasteiger partial charge in [0.25, 0.3) is 0 Å². The fourth-order valence-corrected chi connectivity index (χ4v) is 2.48. The molecular weight excluding hydrogens is 272 g/mol. The van der Waals surface area contributed by atoms with Crippen molar-refractivity contribution >= 4 is 18.9 Å². The van der Waals surface area contributed by atoms with E-state index in [-0.39, 0.29) is 12.4 Å². The van der Waals surface area contributed by atoms with E-state index in [0.717, 1.165) is 11.4 Å². The molecule has 2 aromatic rings. The number of aliphatic imine (C=N–C) groups is 1. The molecule has 0 unspecified atom stereocenters. The van der Waals surface area contributed by atoms with Crippen molar-refractivity contribution in [2.45, 2.75) is 13.3 Å². The number of ether oxygens (including phenoxy) is 1. The topological polar surface area (TPSA) is 48.5 Å². The molecule has 5 nitrogen and oxygen atoms in total. The lowest BCUT2D eigenvalue weighted by molar-refractivity contribution is -0.142. The van der Waals surface area contributed by atoms with E-state index in [2.05, 4.69) is 4.99 Å². The summed E-state index contributed by atoms with van der Waals surface area (Å²) < 4.78 is 22.3. The van der Waals surface area contributed by atoms with Crippen molar-refractivity contribution in [2.24, 2.45) is 4.99 Å². The normalized spacial score (nSPS) is 12.9. The van der Waals surface area contributed by atoms with Crippen LogP contribution in [-0.2, 0) is 9.53 Å². The summed E-state index contributed by atoms with van der Waals surface area (Å²) in [5, 5.41) is 0. The molecule has 0 N–H and O–H groups in total. The van der Waals surface area contributed by atoms with Gasteiger partial charge >= 0.3 is 13.2 Å². The first-order valence-electron chi connectivity index (χ1n) is 6.91. The van der Waals surface area contributed by atoms with Crippen LogP contribution in [0.5, 0.6) is 0 Å². The van der Waals surface area contributed by atoms with Gasteiger partial charge in [-0.3, -0.25) is 14.1 Å². The molecule has 2 aromatic heterocycles. The summed E-state index contributed by atoms with van der Waals surface area (Å²) in [6.07, 6.45) is 3.59. The number of esters is 1. The van der Waals surface area contributed by atoms with Crippen molar-refractivity contribution in [3.8, 4) is 0 Å². The lowest BCUT2D eigenvalue weighted by atomic mass is 9.97. The Balaban J connectivity index is 1.87. The maximum Gasteiger partial charge on any atom is 0.596 e. The van der Waals surface area contributed by atoms with Gasteiger partial charge in [0.15, 0.2) is 0 Å². The summed E-state index contributed by atoms with van der Waals surface area (Å²) in [7, 11) is -1.26. The van der Waals surface area contributed by atoms with Crippen LogP contribution in [0, 0.1) is 0 Å². The van der Waals surface area contributed by atoms with Gasteiger partial charge < -0.3 is 13.7 Å². The van der Waals surface area contributed by atoms with Crippen LogP contribution in [0.25, 0.3) is 0 Å². The second-order valence-electron chi connectivity index (χ2n) is 4.70. The highest BCUT2D eigenvalue weighted by atomic mass is 19.1. The van der Waals surface area contributed by atoms with E-state index in [0.29, 0.717) is 18.9 Å². The first-order valence-corrected chi connectivity index (χ1v) is 6.91. The highest BCUT2D eigenvalue weighted by Crippen LogP contribution is 2.21. The molecule has 0 fully saturated rings. The van der Waals surface area contributed by atoms with Crippen LogP contribution in [-0.4, -0.2) is 41.0 Å². The van der Waals surface area contributed by atoms with Crippen molar-refractivity contribution in [3.05, 3.63) is 48.0 Å². The number of carbonyl (C=O) groups is 1. The molecule has 0 spiro atoms. The lowest BCUT2D eigenvalue weighted by Gasteiger charge is -2.22. The van der Waals surface area contributed by atoms with Crippen LogP contribution in [0.15, 0.2) is 41.7 Å². The number of halogens is 1. The van der Waals surface area contributed by atoms with Crippen molar-refractivity contribution in [3.63, 3.8) is 0 Å². The smallest absolute Gasteiger partial charge is 0.466 e. The summed E-state index contributed by atoms with van der Waals surface area (Å²) in [6.45, 7) is 2.46. The largest absolute Gasteiger partial charge is 0.596 e. The van der Waals surface area contributed by atoms with Gasteiger partial charge in [0.05, 0.1) is 31.0 Å². The number of hydrogen-bond acceptors (Lipinski definition) is 3. The van der Waals surface area contributed by atoms with Gasteiger partial charge in [0.1, 0.15) is 5.71 Å². The molecular formula is C14H15BFN3O2. The fraction of sp³-hybridized carbons (Fsp3) is 0.286. The molecule has 0 atom stereocenters. The zero-order valence-corrected chi connectivity index (χ0v) is 11.7. The third-order valence-corrected chi connectivity index (χ3v) is 3.39. The Bertz CT molecular complexity index is 648. The number of fused-ring (bicyclic) bond motifs is 2. The maximum absolute atomic E-state index is 14.4. The van der Waals surface area contributed by atoms with Gasteiger partial charge in [-0.15, -0.1) is 0 Å². The van der Waals surface area contributed by atoms with E-state index in [9.17, 15) is 9.11 Å². The van der Waals surface area contributed by atoms with E-state index in [1.54, 1.807) is 31.5 Å². The van der Waals surface area contributed by atoms with Gasteiger partial charge in [-0.05, 0) is 43.6 Å². The average molecular weight is 287 g/mol. The first kappa shape index (κ1) is 13.7. The number of aromatic nitrogens is 2. The molecule has 1 aliphatic rings. The summed E-state index contributed by atoms with van der Waals surface area (Å²) >= 11 is 0. The molecule has 0 saturated carbocycles. The summed E-state index contributed by atoms with van der Waals surface area (Å²) in [5.74, 6) is -0.271. The summed E-state index contributed by atoms with van der Waals surface area (Å²) in [5.41, 5.74) is 2.14. The molecule has 0 aliphatic carbocycles. The van der Waals surface area contributed by atoms with Crippen LogP contribution in [0.1, 0.15) is 24.7 Å². The summed E-state index contributed by atoms with van der Waals surface area (Å²) in [4.78, 5) is 15.8. The van der Waals surface area contributed by atoms with Crippen LogP contribution < -0.4 is 0 Å². The van der Waals surface area contributed by atoms with E-state index < -0.39 is 7.26 Å². The van der Waals surface area contributed by atoms with Crippen molar-refractivity contribution in [2.75, 3.05) is 13.2 Å². The zero-order chi connectivity index (χ0) is 14.8. The molecule has 21 heavy (non-hydrogen) atoms. The molecule has 0 radical (unpaired) electrons. The van der Waals surface area contributed by atoms with Crippen molar-refractivity contribution in [1.29, 1.82) is 0 Å². The van der Waals surface area contributed by atoms with Gasteiger partial charge in [0, 0.05) is 0 Å². The molecule has 0 amide bonds. The minimum Gasteiger partial charge on any atom is -0.466 e. The molecule has 3 heterocycles. The molecule has 0 bridgehead atoms.